The molecule has 0 aliphatic carbocycles. The standard InChI is InChI=1S/C8H18O4/c1-5-6-7(10-9)11-12-8(2,3)4/h7,9H,5-6H2,1-4H3. The van der Waals surface area contributed by atoms with Crippen LogP contribution in [0.2, 0.25) is 0 Å². The molecule has 4 nitrogen and oxygen atoms in total. The lowest BCUT2D eigenvalue weighted by atomic mass is 10.2. The van der Waals surface area contributed by atoms with Gasteiger partial charge in [0.05, 0.1) is 5.60 Å². The quantitative estimate of drug-likeness (QED) is 0.399. The summed E-state index contributed by atoms with van der Waals surface area (Å²) in [6.45, 7) is 7.53. The molecule has 0 aromatic rings. The average molecular weight is 178 g/mol. The van der Waals surface area contributed by atoms with E-state index in [1.54, 1.807) is 0 Å². The van der Waals surface area contributed by atoms with Crippen LogP contribution in [0.15, 0.2) is 0 Å². The zero-order valence-corrected chi connectivity index (χ0v) is 8.16. The van der Waals surface area contributed by atoms with Crippen LogP contribution in [0.5, 0.6) is 0 Å². The molecule has 0 spiro atoms. The SMILES string of the molecule is CCCC(OO)OOC(C)(C)C. The number of hydrogen-bond acceptors (Lipinski definition) is 4. The average Bonchev–Trinajstić information content (AvgIpc) is 1.96. The maximum atomic E-state index is 8.35. The number of rotatable bonds is 5. The van der Waals surface area contributed by atoms with Crippen LogP contribution >= 0.6 is 0 Å². The van der Waals surface area contributed by atoms with Gasteiger partial charge in [-0.25, -0.2) is 19.9 Å². The largest absolute Gasteiger partial charge is 0.249 e. The molecular weight excluding hydrogens is 160 g/mol. The second-order valence-electron chi connectivity index (χ2n) is 3.62. The number of hydrogen-bond donors (Lipinski definition) is 1. The van der Waals surface area contributed by atoms with E-state index >= 15 is 0 Å². The Kier molecular flexibility index (Phi) is 5.41. The Morgan fingerprint density at radius 2 is 1.92 bits per heavy atom. The van der Waals surface area contributed by atoms with Gasteiger partial charge in [-0.2, -0.15) is 0 Å². The van der Waals surface area contributed by atoms with Gasteiger partial charge in [-0.05, 0) is 20.8 Å². The second-order valence-corrected chi connectivity index (χ2v) is 3.62. The molecular formula is C8H18O4. The summed E-state index contributed by atoms with van der Waals surface area (Å²) in [5.74, 6) is 0. The van der Waals surface area contributed by atoms with Crippen LogP contribution in [0.25, 0.3) is 0 Å². The summed E-state index contributed by atoms with van der Waals surface area (Å²) in [4.78, 5) is 13.8. The third kappa shape index (κ3) is 6.54. The van der Waals surface area contributed by atoms with E-state index in [0.717, 1.165) is 6.42 Å². The van der Waals surface area contributed by atoms with Gasteiger partial charge in [-0.1, -0.05) is 13.3 Å². The summed E-state index contributed by atoms with van der Waals surface area (Å²) in [6.07, 6.45) is 0.778. The van der Waals surface area contributed by atoms with Gasteiger partial charge < -0.3 is 0 Å². The Bertz CT molecular complexity index is 108. The Balaban J connectivity index is 3.58. The van der Waals surface area contributed by atoms with Crippen molar-refractivity contribution in [2.24, 2.45) is 0 Å². The van der Waals surface area contributed by atoms with Crippen molar-refractivity contribution >= 4 is 0 Å². The fourth-order valence-electron chi connectivity index (χ4n) is 0.552. The van der Waals surface area contributed by atoms with Gasteiger partial charge >= 0.3 is 0 Å². The molecule has 0 heterocycles. The third-order valence-electron chi connectivity index (χ3n) is 1.05. The van der Waals surface area contributed by atoms with E-state index in [0.29, 0.717) is 6.42 Å². The minimum atomic E-state index is -0.686. The normalized spacial score (nSPS) is 14.8. The molecule has 0 radical (unpaired) electrons. The van der Waals surface area contributed by atoms with Gasteiger partial charge in [0, 0.05) is 6.42 Å². The summed E-state index contributed by atoms with van der Waals surface area (Å²) in [5.41, 5.74) is -0.384. The highest BCUT2D eigenvalue weighted by Crippen LogP contribution is 2.11. The van der Waals surface area contributed by atoms with Gasteiger partial charge in [0.25, 0.3) is 0 Å². The maximum Gasteiger partial charge on any atom is 0.224 e. The molecule has 1 unspecified atom stereocenters. The zero-order chi connectivity index (χ0) is 9.61. The highest BCUT2D eigenvalue weighted by Gasteiger charge is 2.16. The van der Waals surface area contributed by atoms with Gasteiger partial charge in [0.1, 0.15) is 0 Å². The molecule has 0 saturated heterocycles. The summed E-state index contributed by atoms with van der Waals surface area (Å²) in [6, 6.07) is 0. The molecule has 0 fully saturated rings. The van der Waals surface area contributed by atoms with Gasteiger partial charge in [-0.3, -0.25) is 0 Å². The molecule has 0 aliphatic heterocycles. The minimum absolute atomic E-state index is 0.384. The Hall–Kier alpha value is -0.160. The van der Waals surface area contributed by atoms with E-state index in [2.05, 4.69) is 4.89 Å². The summed E-state index contributed by atoms with van der Waals surface area (Å²) in [5, 5.41) is 8.35. The molecule has 0 rings (SSSR count). The molecule has 0 bridgehead atoms. The molecule has 1 N–H and O–H groups in total. The van der Waals surface area contributed by atoms with E-state index in [-0.39, 0.29) is 5.60 Å². The van der Waals surface area contributed by atoms with E-state index in [4.69, 9.17) is 15.0 Å². The summed E-state index contributed by atoms with van der Waals surface area (Å²) >= 11 is 0. The van der Waals surface area contributed by atoms with Crippen LogP contribution in [-0.2, 0) is 14.7 Å². The van der Waals surface area contributed by atoms with Crippen LogP contribution < -0.4 is 0 Å². The topological polar surface area (TPSA) is 47.9 Å². The van der Waals surface area contributed by atoms with Crippen LogP contribution in [0.4, 0.5) is 0 Å². The lowest BCUT2D eigenvalue weighted by molar-refractivity contribution is -0.471. The molecule has 74 valence electrons. The predicted octanol–water partition coefficient (Wildman–Crippen LogP) is 2.35. The predicted molar refractivity (Wildman–Crippen MR) is 44.3 cm³/mol. The minimum Gasteiger partial charge on any atom is -0.249 e. The van der Waals surface area contributed by atoms with E-state index in [9.17, 15) is 0 Å². The van der Waals surface area contributed by atoms with Crippen molar-refractivity contribution in [2.45, 2.75) is 52.4 Å². The highest BCUT2D eigenvalue weighted by molar-refractivity contribution is 4.54. The lowest BCUT2D eigenvalue weighted by Crippen LogP contribution is -2.25. The fraction of sp³-hybridized carbons (Fsp3) is 1.00. The Morgan fingerprint density at radius 1 is 1.33 bits per heavy atom. The Morgan fingerprint density at radius 3 is 2.25 bits per heavy atom. The molecule has 0 amide bonds. The van der Waals surface area contributed by atoms with Crippen molar-refractivity contribution in [1.29, 1.82) is 0 Å². The van der Waals surface area contributed by atoms with Gasteiger partial charge in [0.2, 0.25) is 6.29 Å². The highest BCUT2D eigenvalue weighted by atomic mass is 17.3. The van der Waals surface area contributed by atoms with E-state index in [1.165, 1.54) is 0 Å². The summed E-state index contributed by atoms with van der Waals surface area (Å²) < 4.78 is 0. The van der Waals surface area contributed by atoms with Crippen LogP contribution in [0.1, 0.15) is 40.5 Å². The van der Waals surface area contributed by atoms with Gasteiger partial charge in [-0.15, -0.1) is 0 Å². The van der Waals surface area contributed by atoms with Crippen LogP contribution in [0, 0.1) is 0 Å². The fourth-order valence-corrected chi connectivity index (χ4v) is 0.552. The van der Waals surface area contributed by atoms with Crippen LogP contribution in [0.3, 0.4) is 0 Å². The van der Waals surface area contributed by atoms with Crippen molar-refractivity contribution in [1.82, 2.24) is 0 Å². The molecule has 4 heteroatoms. The van der Waals surface area contributed by atoms with Crippen molar-refractivity contribution in [3.63, 3.8) is 0 Å². The monoisotopic (exact) mass is 178 g/mol. The van der Waals surface area contributed by atoms with Crippen molar-refractivity contribution in [2.75, 3.05) is 0 Å². The lowest BCUT2D eigenvalue weighted by Gasteiger charge is -2.20. The molecule has 1 atom stereocenters. The molecule has 0 aliphatic rings. The first-order valence-electron chi connectivity index (χ1n) is 4.14. The molecule has 0 aromatic heterocycles. The van der Waals surface area contributed by atoms with Crippen molar-refractivity contribution in [3.05, 3.63) is 0 Å². The first-order chi connectivity index (χ1) is 5.49. The van der Waals surface area contributed by atoms with E-state index in [1.807, 2.05) is 27.7 Å². The first-order valence-corrected chi connectivity index (χ1v) is 4.14. The second kappa shape index (κ2) is 5.48. The van der Waals surface area contributed by atoms with Gasteiger partial charge in [0.15, 0.2) is 0 Å². The van der Waals surface area contributed by atoms with Crippen molar-refractivity contribution < 1.29 is 19.9 Å². The molecule has 0 saturated carbocycles. The molecule has 0 aromatic carbocycles. The first kappa shape index (κ1) is 11.8. The summed E-state index contributed by atoms with van der Waals surface area (Å²) in [7, 11) is 0. The maximum absolute atomic E-state index is 8.35. The van der Waals surface area contributed by atoms with Crippen molar-refractivity contribution in [3.8, 4) is 0 Å². The van der Waals surface area contributed by atoms with Crippen LogP contribution in [-0.4, -0.2) is 17.1 Å². The molecule has 12 heavy (non-hydrogen) atoms. The Labute approximate surface area is 73.3 Å². The smallest absolute Gasteiger partial charge is 0.224 e. The zero-order valence-electron chi connectivity index (χ0n) is 8.16. The third-order valence-corrected chi connectivity index (χ3v) is 1.05. The van der Waals surface area contributed by atoms with E-state index < -0.39 is 6.29 Å².